The molecule has 4 heteroatoms. The molecule has 0 bridgehead atoms. The normalized spacial score (nSPS) is 11.2. The van der Waals surface area contributed by atoms with Crippen molar-refractivity contribution in [3.8, 4) is 22.6 Å². The lowest BCUT2D eigenvalue weighted by molar-refractivity contribution is 0.0818. The number of benzene rings is 2. The van der Waals surface area contributed by atoms with Crippen molar-refractivity contribution < 1.29 is 18.3 Å². The number of hydrogen-bond donors (Lipinski definition) is 0. The molecule has 2 aromatic carbocycles. The molecule has 2 rings (SSSR count). The summed E-state index contributed by atoms with van der Waals surface area (Å²) in [5.41, 5.74) is 2.82. The molecule has 0 radical (unpaired) electrons. The predicted molar refractivity (Wildman–Crippen MR) is 98.5 cm³/mol. The Balaban J connectivity index is 2.16. The predicted octanol–water partition coefficient (Wildman–Crippen LogP) is 6.21. The second-order valence-electron chi connectivity index (χ2n) is 5.68. The van der Waals surface area contributed by atoms with Gasteiger partial charge in [0.15, 0.2) is 0 Å². The molecule has 0 unspecified atom stereocenters. The zero-order chi connectivity index (χ0) is 18.1. The number of allylic oxidation sites excluding steroid dienone is 1. The van der Waals surface area contributed by atoms with Crippen molar-refractivity contribution in [2.75, 3.05) is 13.2 Å². The fourth-order valence-electron chi connectivity index (χ4n) is 2.40. The lowest BCUT2D eigenvalue weighted by Crippen LogP contribution is -2.07. The minimum Gasteiger partial charge on any atom is -0.494 e. The summed E-state index contributed by atoms with van der Waals surface area (Å²) in [6.07, 6.45) is 3.37. The van der Waals surface area contributed by atoms with Crippen LogP contribution in [-0.4, -0.2) is 19.6 Å². The molecule has 0 spiro atoms. The van der Waals surface area contributed by atoms with Crippen LogP contribution in [0.25, 0.3) is 17.2 Å². The second-order valence-corrected chi connectivity index (χ2v) is 5.68. The Labute approximate surface area is 148 Å². The van der Waals surface area contributed by atoms with Crippen molar-refractivity contribution in [2.45, 2.75) is 33.1 Å². The molecule has 134 valence electrons. The average molecular weight is 346 g/mol. The Morgan fingerprint density at radius 3 is 2.36 bits per heavy atom. The Bertz CT molecular complexity index is 679. The average Bonchev–Trinajstić information content (AvgIpc) is 2.61. The number of rotatable bonds is 9. The van der Waals surface area contributed by atoms with Crippen LogP contribution >= 0.6 is 0 Å². The third-order valence-electron chi connectivity index (χ3n) is 3.68. The van der Waals surface area contributed by atoms with E-state index in [0.717, 1.165) is 41.9 Å². The van der Waals surface area contributed by atoms with E-state index in [0.29, 0.717) is 5.75 Å². The summed E-state index contributed by atoms with van der Waals surface area (Å²) in [6.45, 7) is 4.13. The molecular weight excluding hydrogens is 322 g/mol. The maximum Gasteiger partial charge on any atom is 0.272 e. The van der Waals surface area contributed by atoms with Gasteiger partial charge < -0.3 is 9.47 Å². The highest BCUT2D eigenvalue weighted by Crippen LogP contribution is 2.29. The first-order valence-corrected chi connectivity index (χ1v) is 8.55. The third kappa shape index (κ3) is 5.89. The Morgan fingerprint density at radius 2 is 1.72 bits per heavy atom. The van der Waals surface area contributed by atoms with Gasteiger partial charge in [-0.2, -0.15) is 0 Å². The van der Waals surface area contributed by atoms with E-state index < -0.39 is 13.0 Å². The minimum absolute atomic E-state index is 0.460. The molecule has 0 heterocycles. The highest BCUT2D eigenvalue weighted by molar-refractivity contribution is 5.71. The summed E-state index contributed by atoms with van der Waals surface area (Å²) in [5.74, 6) is 1.31. The molecule has 0 atom stereocenters. The van der Waals surface area contributed by atoms with Gasteiger partial charge in [-0.25, -0.2) is 8.78 Å². The van der Waals surface area contributed by atoms with Crippen molar-refractivity contribution in [1.29, 1.82) is 0 Å². The molecule has 0 aliphatic heterocycles. The maximum atomic E-state index is 12.4. The van der Waals surface area contributed by atoms with Gasteiger partial charge in [0.1, 0.15) is 18.1 Å². The van der Waals surface area contributed by atoms with E-state index in [1.165, 1.54) is 0 Å². The smallest absolute Gasteiger partial charge is 0.272 e. The first-order valence-electron chi connectivity index (χ1n) is 8.55. The molecule has 0 aromatic heterocycles. The van der Waals surface area contributed by atoms with Crippen LogP contribution < -0.4 is 9.47 Å². The van der Waals surface area contributed by atoms with E-state index in [1.54, 1.807) is 6.07 Å². The van der Waals surface area contributed by atoms with Crippen molar-refractivity contribution in [3.05, 3.63) is 54.1 Å². The number of alkyl halides is 2. The van der Waals surface area contributed by atoms with Crippen LogP contribution in [0.3, 0.4) is 0 Å². The molecule has 25 heavy (non-hydrogen) atoms. The highest BCUT2D eigenvalue weighted by Gasteiger charge is 2.08. The summed E-state index contributed by atoms with van der Waals surface area (Å²) in [5, 5.41) is 0. The summed E-state index contributed by atoms with van der Waals surface area (Å²) >= 11 is 0. The van der Waals surface area contributed by atoms with E-state index in [1.807, 2.05) is 55.5 Å². The van der Waals surface area contributed by atoms with Gasteiger partial charge in [-0.05, 0) is 48.7 Å². The van der Waals surface area contributed by atoms with E-state index in [-0.39, 0.29) is 0 Å². The topological polar surface area (TPSA) is 18.5 Å². The second kappa shape index (κ2) is 9.82. The number of hydrogen-bond acceptors (Lipinski definition) is 2. The van der Waals surface area contributed by atoms with Crippen LogP contribution in [0.2, 0.25) is 0 Å². The Hall–Kier alpha value is -2.36. The number of halogens is 2. The van der Waals surface area contributed by atoms with Crippen molar-refractivity contribution >= 4 is 6.08 Å². The fraction of sp³-hybridized carbons (Fsp3) is 0.333. The zero-order valence-electron chi connectivity index (χ0n) is 14.7. The lowest BCUT2D eigenvalue weighted by Gasteiger charge is -2.12. The first-order chi connectivity index (χ1) is 12.1. The minimum atomic E-state index is -2.49. The van der Waals surface area contributed by atoms with E-state index in [2.05, 4.69) is 6.92 Å². The van der Waals surface area contributed by atoms with E-state index in [4.69, 9.17) is 9.47 Å². The Morgan fingerprint density at radius 1 is 1.00 bits per heavy atom. The fourth-order valence-corrected chi connectivity index (χ4v) is 2.40. The molecule has 0 saturated heterocycles. The SMILES string of the molecule is C/C=C/c1cc(-c2ccc(OCCCC)cc2)ccc1OCC(F)F. The lowest BCUT2D eigenvalue weighted by atomic mass is 10.0. The van der Waals surface area contributed by atoms with Gasteiger partial charge in [0.05, 0.1) is 6.61 Å². The van der Waals surface area contributed by atoms with Gasteiger partial charge in [-0.1, -0.05) is 43.7 Å². The number of unbranched alkanes of at least 4 members (excludes halogenated alkanes) is 1. The molecule has 0 fully saturated rings. The molecule has 2 nitrogen and oxygen atoms in total. The van der Waals surface area contributed by atoms with Crippen LogP contribution in [0, 0.1) is 0 Å². The quantitative estimate of drug-likeness (QED) is 0.503. The first kappa shape index (κ1) is 19.0. The summed E-state index contributed by atoms with van der Waals surface area (Å²) in [7, 11) is 0. The van der Waals surface area contributed by atoms with Gasteiger partial charge >= 0.3 is 0 Å². The van der Waals surface area contributed by atoms with Gasteiger partial charge in [0.2, 0.25) is 0 Å². The Kier molecular flexibility index (Phi) is 7.45. The highest BCUT2D eigenvalue weighted by atomic mass is 19.3. The van der Waals surface area contributed by atoms with Crippen molar-refractivity contribution in [2.24, 2.45) is 0 Å². The van der Waals surface area contributed by atoms with Crippen molar-refractivity contribution in [1.82, 2.24) is 0 Å². The van der Waals surface area contributed by atoms with Gasteiger partial charge in [-0.3, -0.25) is 0 Å². The van der Waals surface area contributed by atoms with Gasteiger partial charge in [-0.15, -0.1) is 0 Å². The molecular formula is C21H24F2O2. The van der Waals surface area contributed by atoms with Crippen molar-refractivity contribution in [3.63, 3.8) is 0 Å². The van der Waals surface area contributed by atoms with Gasteiger partial charge in [0.25, 0.3) is 6.43 Å². The molecule has 0 aliphatic rings. The molecule has 0 N–H and O–H groups in total. The van der Waals surface area contributed by atoms with Crippen LogP contribution in [-0.2, 0) is 0 Å². The molecule has 0 amide bonds. The standard InChI is InChI=1S/C21H24F2O2/c1-3-5-13-24-19-10-7-16(8-11-19)17-9-12-20(25-15-21(22)23)18(14-17)6-4-2/h4,6-12,14,21H,3,5,13,15H2,1-2H3/b6-4+. The zero-order valence-corrected chi connectivity index (χ0v) is 14.7. The van der Waals surface area contributed by atoms with Crippen LogP contribution in [0.5, 0.6) is 11.5 Å². The monoisotopic (exact) mass is 346 g/mol. The molecule has 0 aliphatic carbocycles. The molecule has 2 aromatic rings. The maximum absolute atomic E-state index is 12.4. The summed E-state index contributed by atoms with van der Waals surface area (Å²) in [6, 6.07) is 13.4. The van der Waals surface area contributed by atoms with Gasteiger partial charge in [0, 0.05) is 5.56 Å². The van der Waals surface area contributed by atoms with E-state index in [9.17, 15) is 8.78 Å². The van der Waals surface area contributed by atoms with Crippen LogP contribution in [0.1, 0.15) is 32.3 Å². The van der Waals surface area contributed by atoms with Crippen LogP contribution in [0.15, 0.2) is 48.5 Å². The molecule has 0 saturated carbocycles. The summed E-state index contributed by atoms with van der Waals surface area (Å²) in [4.78, 5) is 0. The summed E-state index contributed by atoms with van der Waals surface area (Å²) < 4.78 is 35.6. The van der Waals surface area contributed by atoms with Crippen LogP contribution in [0.4, 0.5) is 8.78 Å². The largest absolute Gasteiger partial charge is 0.494 e. The van der Waals surface area contributed by atoms with E-state index >= 15 is 0 Å². The number of ether oxygens (including phenoxy) is 2. The third-order valence-corrected chi connectivity index (χ3v) is 3.68.